The third kappa shape index (κ3) is 3.71. The van der Waals surface area contributed by atoms with E-state index in [4.69, 9.17) is 4.74 Å². The Morgan fingerprint density at radius 1 is 0.692 bits per heavy atom. The molecular formula is C26H14O11S2. The van der Waals surface area contributed by atoms with E-state index in [9.17, 15) is 45.4 Å². The van der Waals surface area contributed by atoms with Gasteiger partial charge in [0.2, 0.25) is 6.29 Å². The van der Waals surface area contributed by atoms with Gasteiger partial charge < -0.3 is 9.84 Å². The molecule has 1 aliphatic heterocycles. The molecule has 1 heterocycles. The highest BCUT2D eigenvalue weighted by Gasteiger charge is 2.35. The first-order chi connectivity index (χ1) is 18.3. The molecule has 0 spiro atoms. The SMILES string of the molecule is O=C1c2ccc(-c3cc(S(=O)(=O)O)c4cccc5c4c3C(=O)OC5O)cc2C(=O)c2cc(S(=O)(=O)O)ccc21. The highest BCUT2D eigenvalue weighted by atomic mass is 32.2. The maximum absolute atomic E-state index is 13.4. The first-order valence-electron chi connectivity index (χ1n) is 11.1. The summed E-state index contributed by atoms with van der Waals surface area (Å²) in [6.07, 6.45) is -1.70. The summed E-state index contributed by atoms with van der Waals surface area (Å²) in [5, 5.41) is 10.3. The number of aliphatic hydroxyl groups is 1. The lowest BCUT2D eigenvalue weighted by Gasteiger charge is -2.25. The van der Waals surface area contributed by atoms with Crippen molar-refractivity contribution >= 4 is 48.5 Å². The maximum Gasteiger partial charge on any atom is 0.341 e. The quantitative estimate of drug-likeness (QED) is 0.215. The zero-order chi connectivity index (χ0) is 28.0. The summed E-state index contributed by atoms with van der Waals surface area (Å²) < 4.78 is 72.2. The molecule has 13 heteroatoms. The fourth-order valence-electron chi connectivity index (χ4n) is 5.01. The van der Waals surface area contributed by atoms with Crippen LogP contribution in [0.1, 0.15) is 54.1 Å². The van der Waals surface area contributed by atoms with Crippen molar-refractivity contribution in [2.45, 2.75) is 16.1 Å². The number of carbonyl (C=O) groups excluding carboxylic acids is 3. The van der Waals surface area contributed by atoms with Gasteiger partial charge in [-0.2, -0.15) is 16.8 Å². The molecule has 4 aromatic carbocycles. The maximum atomic E-state index is 13.4. The first kappa shape index (κ1) is 25.0. The van der Waals surface area contributed by atoms with Crippen molar-refractivity contribution in [1.82, 2.24) is 0 Å². The van der Waals surface area contributed by atoms with Crippen LogP contribution in [-0.4, -0.2) is 48.6 Å². The van der Waals surface area contributed by atoms with Crippen LogP contribution in [0.5, 0.6) is 0 Å². The van der Waals surface area contributed by atoms with Gasteiger partial charge in [-0.15, -0.1) is 0 Å². The molecule has 4 aromatic rings. The van der Waals surface area contributed by atoms with Crippen LogP contribution < -0.4 is 0 Å². The van der Waals surface area contributed by atoms with E-state index in [-0.39, 0.29) is 55.3 Å². The van der Waals surface area contributed by atoms with Gasteiger partial charge in [0.1, 0.15) is 4.90 Å². The van der Waals surface area contributed by atoms with Crippen LogP contribution in [0.4, 0.5) is 0 Å². The predicted octanol–water partition coefficient (Wildman–Crippen LogP) is 2.94. The van der Waals surface area contributed by atoms with E-state index >= 15 is 0 Å². The topological polar surface area (TPSA) is 189 Å². The minimum atomic E-state index is -4.84. The predicted molar refractivity (Wildman–Crippen MR) is 133 cm³/mol. The van der Waals surface area contributed by atoms with E-state index in [1.165, 1.54) is 36.4 Å². The van der Waals surface area contributed by atoms with E-state index in [2.05, 4.69) is 0 Å². The second-order valence-electron chi connectivity index (χ2n) is 8.90. The summed E-state index contributed by atoms with van der Waals surface area (Å²) in [7, 11) is -9.52. The first-order valence-corrected chi connectivity index (χ1v) is 14.0. The molecule has 1 atom stereocenters. The Bertz CT molecular complexity index is 2060. The van der Waals surface area contributed by atoms with Gasteiger partial charge in [0.15, 0.2) is 11.6 Å². The van der Waals surface area contributed by atoms with Crippen molar-refractivity contribution in [3.8, 4) is 11.1 Å². The Hall–Kier alpha value is -4.27. The lowest BCUT2D eigenvalue weighted by atomic mass is 9.82. The molecule has 3 N–H and O–H groups in total. The number of ether oxygens (including phenoxy) is 1. The molecule has 1 unspecified atom stereocenters. The summed E-state index contributed by atoms with van der Waals surface area (Å²) in [5.74, 6) is -2.35. The van der Waals surface area contributed by atoms with Crippen LogP contribution >= 0.6 is 0 Å². The van der Waals surface area contributed by atoms with E-state index in [1.54, 1.807) is 0 Å². The molecule has 0 aromatic heterocycles. The van der Waals surface area contributed by atoms with Gasteiger partial charge in [-0.05, 0) is 47.5 Å². The van der Waals surface area contributed by atoms with E-state index < -0.39 is 53.9 Å². The number of hydrogen-bond donors (Lipinski definition) is 3. The average molecular weight is 567 g/mol. The lowest BCUT2D eigenvalue weighted by molar-refractivity contribution is -0.0685. The molecule has 6 rings (SSSR count). The number of hydrogen-bond acceptors (Lipinski definition) is 9. The Balaban J connectivity index is 1.64. The van der Waals surface area contributed by atoms with Crippen LogP contribution in [0.25, 0.3) is 21.9 Å². The van der Waals surface area contributed by atoms with Crippen LogP contribution in [0.15, 0.2) is 70.5 Å². The fraction of sp³-hybridized carbons (Fsp3) is 0.0385. The molecule has 0 saturated heterocycles. The van der Waals surface area contributed by atoms with E-state index in [0.29, 0.717) is 0 Å². The normalized spacial score (nSPS) is 16.6. The summed E-state index contributed by atoms with van der Waals surface area (Å²) in [5.41, 5.74) is -0.595. The van der Waals surface area contributed by atoms with Crippen LogP contribution in [0.3, 0.4) is 0 Å². The van der Waals surface area contributed by atoms with Crippen molar-refractivity contribution in [1.29, 1.82) is 0 Å². The summed E-state index contributed by atoms with van der Waals surface area (Å²) in [6, 6.07) is 12.1. The molecule has 0 saturated carbocycles. The third-order valence-electron chi connectivity index (χ3n) is 6.72. The molecule has 1 aliphatic carbocycles. The zero-order valence-electron chi connectivity index (χ0n) is 19.3. The minimum absolute atomic E-state index is 0.0228. The molecule has 11 nitrogen and oxygen atoms in total. The highest BCUT2D eigenvalue weighted by Crippen LogP contribution is 2.43. The molecule has 0 radical (unpaired) electrons. The summed E-state index contributed by atoms with van der Waals surface area (Å²) >= 11 is 0. The molecule has 39 heavy (non-hydrogen) atoms. The van der Waals surface area contributed by atoms with Crippen molar-refractivity contribution in [2.75, 3.05) is 0 Å². The summed E-state index contributed by atoms with van der Waals surface area (Å²) in [4.78, 5) is 38.3. The van der Waals surface area contributed by atoms with E-state index in [0.717, 1.165) is 24.3 Å². The number of fused-ring (bicyclic) bond motifs is 2. The second-order valence-corrected chi connectivity index (χ2v) is 11.7. The minimum Gasteiger partial charge on any atom is -0.428 e. The molecule has 196 valence electrons. The Morgan fingerprint density at radius 3 is 2.00 bits per heavy atom. The van der Waals surface area contributed by atoms with Gasteiger partial charge in [0.25, 0.3) is 20.2 Å². The second kappa shape index (κ2) is 8.11. The monoisotopic (exact) mass is 566 g/mol. The van der Waals surface area contributed by atoms with Gasteiger partial charge in [0.05, 0.1) is 10.5 Å². The molecule has 0 amide bonds. The molecular weight excluding hydrogens is 552 g/mol. The summed E-state index contributed by atoms with van der Waals surface area (Å²) in [6.45, 7) is 0. The molecule has 0 bridgehead atoms. The van der Waals surface area contributed by atoms with Crippen LogP contribution in [0, 0.1) is 0 Å². The van der Waals surface area contributed by atoms with Gasteiger partial charge >= 0.3 is 5.97 Å². The fourth-order valence-corrected chi connectivity index (χ4v) is 6.23. The Morgan fingerprint density at radius 2 is 1.33 bits per heavy atom. The van der Waals surface area contributed by atoms with Crippen LogP contribution in [-0.2, 0) is 25.0 Å². The van der Waals surface area contributed by atoms with Gasteiger partial charge in [-0.25, -0.2) is 4.79 Å². The number of benzene rings is 4. The zero-order valence-corrected chi connectivity index (χ0v) is 20.9. The van der Waals surface area contributed by atoms with Gasteiger partial charge in [0, 0.05) is 38.6 Å². The van der Waals surface area contributed by atoms with Gasteiger partial charge in [-0.3, -0.25) is 18.7 Å². The standard InChI is InChI=1S/C26H14O11S2/c27-23-13-6-4-11(8-18(13)24(28)19-9-12(38(31,32)33)5-7-14(19)23)17-10-20(39(34,35)36)15-2-1-3-16-21(15)22(17)26(30)37-25(16)29/h1-10,25,29H,(H,31,32,33)(H,34,35,36). The third-order valence-corrected chi connectivity index (χ3v) is 8.46. The van der Waals surface area contributed by atoms with Crippen molar-refractivity contribution in [2.24, 2.45) is 0 Å². The number of esters is 1. The number of aliphatic hydroxyl groups excluding tert-OH is 1. The largest absolute Gasteiger partial charge is 0.428 e. The average Bonchev–Trinajstić information content (AvgIpc) is 2.88. The Labute approximate surface area is 219 Å². The smallest absolute Gasteiger partial charge is 0.341 e. The van der Waals surface area contributed by atoms with Crippen LogP contribution in [0.2, 0.25) is 0 Å². The van der Waals surface area contributed by atoms with Crippen molar-refractivity contribution in [3.05, 3.63) is 94.0 Å². The molecule has 0 fully saturated rings. The van der Waals surface area contributed by atoms with E-state index in [1.807, 2.05) is 0 Å². The molecule has 2 aliphatic rings. The number of carbonyl (C=O) groups is 3. The highest BCUT2D eigenvalue weighted by molar-refractivity contribution is 7.86. The number of rotatable bonds is 3. The van der Waals surface area contributed by atoms with Gasteiger partial charge in [-0.1, -0.05) is 24.3 Å². The number of cyclic esters (lactones) is 1. The Kier molecular flexibility index (Phi) is 5.21. The van der Waals surface area contributed by atoms with Crippen molar-refractivity contribution in [3.63, 3.8) is 0 Å². The van der Waals surface area contributed by atoms with Crippen molar-refractivity contribution < 1.29 is 50.2 Å². The number of ketones is 2. The lowest BCUT2D eigenvalue weighted by Crippen LogP contribution is -2.22.